The molecule has 3 heterocycles. The summed E-state index contributed by atoms with van der Waals surface area (Å²) in [6.45, 7) is 4.33. The van der Waals surface area contributed by atoms with Gasteiger partial charge in [-0.25, -0.2) is 9.97 Å². The average molecular weight is 300 g/mol. The summed E-state index contributed by atoms with van der Waals surface area (Å²) in [5.41, 5.74) is 0.539. The van der Waals surface area contributed by atoms with Crippen molar-refractivity contribution in [2.75, 3.05) is 18.4 Å². The minimum Gasteiger partial charge on any atom is -0.467 e. The highest BCUT2D eigenvalue weighted by Gasteiger charge is 2.22. The van der Waals surface area contributed by atoms with Crippen molar-refractivity contribution in [3.8, 4) is 0 Å². The smallest absolute Gasteiger partial charge is 0.257 e. The number of carbonyl (C=O) groups excluding carboxylic acids is 1. The number of piperidine rings is 1. The van der Waals surface area contributed by atoms with E-state index in [-0.39, 0.29) is 5.91 Å². The second-order valence-corrected chi connectivity index (χ2v) is 5.73. The van der Waals surface area contributed by atoms with E-state index in [1.807, 2.05) is 17.0 Å². The molecule has 0 saturated carbocycles. The van der Waals surface area contributed by atoms with Gasteiger partial charge < -0.3 is 14.6 Å². The van der Waals surface area contributed by atoms with E-state index < -0.39 is 0 Å². The topological polar surface area (TPSA) is 71.3 Å². The molecule has 2 aromatic rings. The molecule has 0 spiro atoms. The maximum Gasteiger partial charge on any atom is 0.257 e. The fraction of sp³-hybridized carbons (Fsp3) is 0.438. The van der Waals surface area contributed by atoms with Gasteiger partial charge in [0.25, 0.3) is 5.91 Å². The van der Waals surface area contributed by atoms with Crippen LogP contribution < -0.4 is 5.32 Å². The Morgan fingerprint density at radius 3 is 2.95 bits per heavy atom. The Morgan fingerprint density at radius 1 is 1.45 bits per heavy atom. The summed E-state index contributed by atoms with van der Waals surface area (Å²) in [6.07, 6.45) is 7.05. The molecular weight excluding hydrogens is 280 g/mol. The Labute approximate surface area is 129 Å². The van der Waals surface area contributed by atoms with E-state index in [9.17, 15) is 4.79 Å². The lowest BCUT2D eigenvalue weighted by atomic mass is 10.00. The van der Waals surface area contributed by atoms with Crippen LogP contribution in [0.25, 0.3) is 0 Å². The number of nitrogens with one attached hydrogen (secondary N) is 1. The highest BCUT2D eigenvalue weighted by molar-refractivity contribution is 5.93. The predicted octanol–water partition coefficient (Wildman–Crippen LogP) is 2.55. The Morgan fingerprint density at radius 2 is 2.27 bits per heavy atom. The molecule has 1 saturated heterocycles. The summed E-state index contributed by atoms with van der Waals surface area (Å²) >= 11 is 0. The standard InChI is InChI=1S/C16H20N4O2/c1-12-4-2-6-20(11-12)15(21)13-8-17-16(18-9-13)19-10-14-5-3-7-22-14/h3,5,7-9,12H,2,4,6,10-11H2,1H3,(H,17,18,19). The van der Waals surface area contributed by atoms with Gasteiger partial charge in [-0.15, -0.1) is 0 Å². The minimum atomic E-state index is 0.0177. The lowest BCUT2D eigenvalue weighted by Crippen LogP contribution is -2.39. The molecular formula is C16H20N4O2. The van der Waals surface area contributed by atoms with Crippen LogP contribution in [0.1, 0.15) is 35.9 Å². The third-order valence-electron chi connectivity index (χ3n) is 3.84. The number of carbonyl (C=O) groups is 1. The van der Waals surface area contributed by atoms with Crippen LogP contribution in [0.5, 0.6) is 0 Å². The summed E-state index contributed by atoms with van der Waals surface area (Å²) in [5, 5.41) is 3.06. The van der Waals surface area contributed by atoms with E-state index in [0.29, 0.717) is 24.0 Å². The van der Waals surface area contributed by atoms with E-state index in [2.05, 4.69) is 22.2 Å². The fourth-order valence-corrected chi connectivity index (χ4v) is 2.67. The van der Waals surface area contributed by atoms with Crippen molar-refractivity contribution in [2.45, 2.75) is 26.3 Å². The summed E-state index contributed by atoms with van der Waals surface area (Å²) in [5.74, 6) is 1.88. The van der Waals surface area contributed by atoms with Crippen LogP contribution in [-0.4, -0.2) is 33.9 Å². The van der Waals surface area contributed by atoms with E-state index in [1.165, 1.54) is 6.42 Å². The van der Waals surface area contributed by atoms with Crippen LogP contribution in [0.3, 0.4) is 0 Å². The van der Waals surface area contributed by atoms with E-state index in [4.69, 9.17) is 4.42 Å². The number of nitrogens with zero attached hydrogens (tertiary/aromatic N) is 3. The van der Waals surface area contributed by atoms with Crippen molar-refractivity contribution in [2.24, 2.45) is 5.92 Å². The SMILES string of the molecule is CC1CCCN(C(=O)c2cnc(NCc3ccco3)nc2)C1. The molecule has 116 valence electrons. The molecule has 1 aliphatic rings. The Kier molecular flexibility index (Phi) is 4.37. The zero-order chi connectivity index (χ0) is 15.4. The van der Waals surface area contributed by atoms with Crippen molar-refractivity contribution in [1.82, 2.24) is 14.9 Å². The molecule has 0 bridgehead atoms. The maximum atomic E-state index is 12.4. The van der Waals surface area contributed by atoms with Gasteiger partial charge in [0.05, 0.1) is 18.4 Å². The van der Waals surface area contributed by atoms with Crippen molar-refractivity contribution >= 4 is 11.9 Å². The van der Waals surface area contributed by atoms with Crippen molar-refractivity contribution in [1.29, 1.82) is 0 Å². The van der Waals surface area contributed by atoms with E-state index in [1.54, 1.807) is 18.7 Å². The zero-order valence-electron chi connectivity index (χ0n) is 12.7. The number of furan rings is 1. The quantitative estimate of drug-likeness (QED) is 0.939. The first-order valence-electron chi connectivity index (χ1n) is 7.60. The number of hydrogen-bond donors (Lipinski definition) is 1. The molecule has 2 aromatic heterocycles. The molecule has 6 heteroatoms. The number of anilines is 1. The monoisotopic (exact) mass is 300 g/mol. The molecule has 1 N–H and O–H groups in total. The molecule has 1 amide bonds. The highest BCUT2D eigenvalue weighted by Crippen LogP contribution is 2.17. The zero-order valence-corrected chi connectivity index (χ0v) is 12.7. The molecule has 0 aromatic carbocycles. The first-order chi connectivity index (χ1) is 10.7. The van der Waals surface area contributed by atoms with Crippen LogP contribution in [0.4, 0.5) is 5.95 Å². The summed E-state index contributed by atoms with van der Waals surface area (Å²) in [4.78, 5) is 22.7. The highest BCUT2D eigenvalue weighted by atomic mass is 16.3. The second kappa shape index (κ2) is 6.60. The Hall–Kier alpha value is -2.37. The minimum absolute atomic E-state index is 0.0177. The van der Waals surface area contributed by atoms with Gasteiger partial charge >= 0.3 is 0 Å². The van der Waals surface area contributed by atoms with E-state index >= 15 is 0 Å². The summed E-state index contributed by atoms with van der Waals surface area (Å²) in [6, 6.07) is 3.71. The van der Waals surface area contributed by atoms with E-state index in [0.717, 1.165) is 25.3 Å². The average Bonchev–Trinajstić information content (AvgIpc) is 3.06. The number of aromatic nitrogens is 2. The molecule has 1 unspecified atom stereocenters. The van der Waals surface area contributed by atoms with Crippen molar-refractivity contribution in [3.05, 3.63) is 42.1 Å². The van der Waals surface area contributed by atoms with Crippen LogP contribution in [0, 0.1) is 5.92 Å². The van der Waals surface area contributed by atoms with Gasteiger partial charge in [-0.05, 0) is 30.9 Å². The third-order valence-corrected chi connectivity index (χ3v) is 3.84. The largest absolute Gasteiger partial charge is 0.467 e. The lowest BCUT2D eigenvalue weighted by molar-refractivity contribution is 0.0682. The number of rotatable bonds is 4. The molecule has 0 radical (unpaired) electrons. The molecule has 1 atom stereocenters. The Bertz CT molecular complexity index is 610. The first-order valence-corrected chi connectivity index (χ1v) is 7.60. The van der Waals surface area contributed by atoms with Gasteiger partial charge in [0.15, 0.2) is 0 Å². The fourth-order valence-electron chi connectivity index (χ4n) is 2.67. The normalized spacial score (nSPS) is 18.2. The molecule has 6 nitrogen and oxygen atoms in total. The first kappa shape index (κ1) is 14.6. The van der Waals surface area contributed by atoms with Gasteiger partial charge in [0, 0.05) is 25.5 Å². The van der Waals surface area contributed by atoms with Crippen LogP contribution in [-0.2, 0) is 6.54 Å². The van der Waals surface area contributed by atoms with Gasteiger partial charge in [0.1, 0.15) is 5.76 Å². The van der Waals surface area contributed by atoms with Crippen LogP contribution in [0.2, 0.25) is 0 Å². The summed E-state index contributed by atoms with van der Waals surface area (Å²) < 4.78 is 5.23. The van der Waals surface area contributed by atoms with Crippen LogP contribution in [0.15, 0.2) is 35.2 Å². The third kappa shape index (κ3) is 3.44. The Balaban J connectivity index is 1.59. The van der Waals surface area contributed by atoms with Crippen LogP contribution >= 0.6 is 0 Å². The predicted molar refractivity (Wildman–Crippen MR) is 82.4 cm³/mol. The van der Waals surface area contributed by atoms with Gasteiger partial charge in [0.2, 0.25) is 5.95 Å². The molecule has 22 heavy (non-hydrogen) atoms. The van der Waals surface area contributed by atoms with Gasteiger partial charge in [-0.2, -0.15) is 0 Å². The molecule has 0 aliphatic carbocycles. The van der Waals surface area contributed by atoms with Gasteiger partial charge in [-0.3, -0.25) is 4.79 Å². The van der Waals surface area contributed by atoms with Crippen molar-refractivity contribution < 1.29 is 9.21 Å². The number of amides is 1. The lowest BCUT2D eigenvalue weighted by Gasteiger charge is -2.30. The second-order valence-electron chi connectivity index (χ2n) is 5.73. The van der Waals surface area contributed by atoms with Gasteiger partial charge in [-0.1, -0.05) is 6.92 Å². The molecule has 1 fully saturated rings. The summed E-state index contributed by atoms with van der Waals surface area (Å²) in [7, 11) is 0. The number of likely N-dealkylation sites (tertiary alicyclic amines) is 1. The van der Waals surface area contributed by atoms with Crippen molar-refractivity contribution in [3.63, 3.8) is 0 Å². The molecule has 3 rings (SSSR count). The molecule has 1 aliphatic heterocycles. The number of hydrogen-bond acceptors (Lipinski definition) is 5. The maximum absolute atomic E-state index is 12.4.